The molecule has 12 heavy (non-hydrogen) atoms. The molecule has 1 atom stereocenters. The monoisotopic (exact) mass is 164 g/mol. The first-order chi connectivity index (χ1) is 5.81. The average molecular weight is 164 g/mol. The minimum Gasteiger partial charge on any atom is -0.495 e. The average Bonchev–Trinajstić information content (AvgIpc) is 2.47. The zero-order valence-electron chi connectivity index (χ0n) is 7.08. The van der Waals surface area contributed by atoms with Crippen molar-refractivity contribution in [2.24, 2.45) is 5.73 Å². The maximum Gasteiger partial charge on any atom is 0.137 e. The van der Waals surface area contributed by atoms with E-state index >= 15 is 0 Å². The van der Waals surface area contributed by atoms with E-state index in [9.17, 15) is 0 Å². The van der Waals surface area contributed by atoms with E-state index in [1.807, 2.05) is 6.07 Å². The molecule has 3 nitrogen and oxygen atoms in total. The third-order valence-electron chi connectivity index (χ3n) is 2.31. The molecule has 0 saturated heterocycles. The molecule has 1 heterocycles. The van der Waals surface area contributed by atoms with Crippen LogP contribution in [0.3, 0.4) is 0 Å². The van der Waals surface area contributed by atoms with Crippen LogP contribution in [-0.2, 0) is 6.42 Å². The predicted molar refractivity (Wildman–Crippen MR) is 46.0 cm³/mol. The second-order valence-electron chi connectivity index (χ2n) is 3.06. The molecular formula is C9H12N2O. The zero-order valence-corrected chi connectivity index (χ0v) is 7.08. The van der Waals surface area contributed by atoms with Crippen LogP contribution < -0.4 is 10.5 Å². The Balaban J connectivity index is 2.43. The number of hydrogen-bond acceptors (Lipinski definition) is 3. The van der Waals surface area contributed by atoms with E-state index in [0.29, 0.717) is 0 Å². The summed E-state index contributed by atoms with van der Waals surface area (Å²) in [4.78, 5) is 4.28. The highest BCUT2D eigenvalue weighted by Gasteiger charge is 2.20. The summed E-state index contributed by atoms with van der Waals surface area (Å²) in [7, 11) is 1.64. The topological polar surface area (TPSA) is 48.1 Å². The van der Waals surface area contributed by atoms with Gasteiger partial charge in [-0.3, -0.25) is 4.98 Å². The Bertz CT molecular complexity index is 299. The molecule has 0 aromatic carbocycles. The maximum atomic E-state index is 5.87. The first kappa shape index (κ1) is 7.55. The molecule has 0 spiro atoms. The normalized spacial score (nSPS) is 20.7. The van der Waals surface area contributed by atoms with Crippen molar-refractivity contribution in [1.29, 1.82) is 0 Å². The van der Waals surface area contributed by atoms with E-state index in [1.165, 1.54) is 0 Å². The Kier molecular flexibility index (Phi) is 1.73. The Morgan fingerprint density at radius 3 is 3.25 bits per heavy atom. The van der Waals surface area contributed by atoms with Gasteiger partial charge >= 0.3 is 0 Å². The Labute approximate surface area is 71.6 Å². The highest BCUT2D eigenvalue weighted by molar-refractivity contribution is 5.34. The molecular weight excluding hydrogens is 152 g/mol. The van der Waals surface area contributed by atoms with Crippen molar-refractivity contribution in [2.45, 2.75) is 18.9 Å². The fourth-order valence-corrected chi connectivity index (χ4v) is 1.58. The Morgan fingerprint density at radius 2 is 2.50 bits per heavy atom. The fourth-order valence-electron chi connectivity index (χ4n) is 1.58. The van der Waals surface area contributed by atoms with Gasteiger partial charge in [-0.15, -0.1) is 0 Å². The number of aryl methyl sites for hydroxylation is 1. The molecule has 1 aromatic rings. The molecule has 2 N–H and O–H groups in total. The number of pyridine rings is 1. The highest BCUT2D eigenvalue weighted by atomic mass is 16.5. The van der Waals surface area contributed by atoms with Gasteiger partial charge in [0, 0.05) is 11.7 Å². The summed E-state index contributed by atoms with van der Waals surface area (Å²) in [6.07, 6.45) is 3.76. The standard InChI is InChI=1S/C9H12N2O/c1-12-6-4-7-8(10)2-3-9(7)11-5-6/h4-5,8H,2-3,10H2,1H3/t8-/m0/s1. The molecule has 0 aliphatic heterocycles. The molecule has 0 fully saturated rings. The molecule has 0 radical (unpaired) electrons. The minimum absolute atomic E-state index is 0.155. The Morgan fingerprint density at radius 1 is 1.67 bits per heavy atom. The van der Waals surface area contributed by atoms with Gasteiger partial charge in [0.1, 0.15) is 5.75 Å². The zero-order chi connectivity index (χ0) is 8.55. The predicted octanol–water partition coefficient (Wildman–Crippen LogP) is 1.04. The molecule has 2 rings (SSSR count). The summed E-state index contributed by atoms with van der Waals surface area (Å²) < 4.78 is 5.07. The van der Waals surface area contributed by atoms with Crippen LogP contribution in [0.1, 0.15) is 23.7 Å². The fraction of sp³-hybridized carbons (Fsp3) is 0.444. The van der Waals surface area contributed by atoms with Gasteiger partial charge in [-0.1, -0.05) is 0 Å². The van der Waals surface area contributed by atoms with Crippen LogP contribution in [0.2, 0.25) is 0 Å². The number of nitrogens with two attached hydrogens (primary N) is 1. The van der Waals surface area contributed by atoms with Gasteiger partial charge < -0.3 is 10.5 Å². The third kappa shape index (κ3) is 1.06. The van der Waals surface area contributed by atoms with Crippen LogP contribution in [0.25, 0.3) is 0 Å². The van der Waals surface area contributed by atoms with Crippen molar-refractivity contribution < 1.29 is 4.74 Å². The van der Waals surface area contributed by atoms with E-state index in [-0.39, 0.29) is 6.04 Å². The molecule has 0 amide bonds. The van der Waals surface area contributed by atoms with Crippen molar-refractivity contribution in [3.05, 3.63) is 23.5 Å². The molecule has 1 aromatic heterocycles. The first-order valence-electron chi connectivity index (χ1n) is 4.09. The van der Waals surface area contributed by atoms with Crippen molar-refractivity contribution in [1.82, 2.24) is 4.98 Å². The summed E-state index contributed by atoms with van der Waals surface area (Å²) in [5.41, 5.74) is 8.15. The quantitative estimate of drug-likeness (QED) is 0.674. The first-order valence-corrected chi connectivity index (χ1v) is 4.09. The summed E-state index contributed by atoms with van der Waals surface area (Å²) in [6, 6.07) is 2.14. The Hall–Kier alpha value is -1.09. The van der Waals surface area contributed by atoms with Gasteiger partial charge in [-0.2, -0.15) is 0 Å². The third-order valence-corrected chi connectivity index (χ3v) is 2.31. The van der Waals surface area contributed by atoms with Crippen molar-refractivity contribution >= 4 is 0 Å². The number of hydrogen-bond donors (Lipinski definition) is 1. The number of rotatable bonds is 1. The van der Waals surface area contributed by atoms with Gasteiger partial charge in [-0.05, 0) is 24.5 Å². The lowest BCUT2D eigenvalue weighted by Gasteiger charge is -2.05. The lowest BCUT2D eigenvalue weighted by atomic mass is 10.1. The number of fused-ring (bicyclic) bond motifs is 1. The molecule has 3 heteroatoms. The maximum absolute atomic E-state index is 5.87. The van der Waals surface area contributed by atoms with Crippen LogP contribution in [0.4, 0.5) is 0 Å². The van der Waals surface area contributed by atoms with Gasteiger partial charge in [0.2, 0.25) is 0 Å². The number of ether oxygens (including phenoxy) is 1. The second-order valence-corrected chi connectivity index (χ2v) is 3.06. The molecule has 0 saturated carbocycles. The molecule has 1 aliphatic rings. The summed E-state index contributed by atoms with van der Waals surface area (Å²) >= 11 is 0. The van der Waals surface area contributed by atoms with E-state index in [0.717, 1.165) is 29.8 Å². The summed E-state index contributed by atoms with van der Waals surface area (Å²) in [5.74, 6) is 0.797. The molecule has 0 bridgehead atoms. The molecule has 0 unspecified atom stereocenters. The van der Waals surface area contributed by atoms with E-state index in [4.69, 9.17) is 10.5 Å². The van der Waals surface area contributed by atoms with Crippen LogP contribution in [0.5, 0.6) is 5.75 Å². The van der Waals surface area contributed by atoms with Crippen LogP contribution in [0, 0.1) is 0 Å². The number of aromatic nitrogens is 1. The van der Waals surface area contributed by atoms with Crippen LogP contribution >= 0.6 is 0 Å². The minimum atomic E-state index is 0.155. The summed E-state index contributed by atoms with van der Waals surface area (Å²) in [6.45, 7) is 0. The van der Waals surface area contributed by atoms with E-state index in [2.05, 4.69) is 4.98 Å². The largest absolute Gasteiger partial charge is 0.495 e. The second kappa shape index (κ2) is 2.75. The lowest BCUT2D eigenvalue weighted by Crippen LogP contribution is -2.05. The van der Waals surface area contributed by atoms with Gasteiger partial charge in [0.15, 0.2) is 0 Å². The SMILES string of the molecule is COc1cnc2c(c1)[C@@H](N)CC2. The lowest BCUT2D eigenvalue weighted by molar-refractivity contribution is 0.412. The van der Waals surface area contributed by atoms with Crippen LogP contribution in [-0.4, -0.2) is 12.1 Å². The van der Waals surface area contributed by atoms with E-state index in [1.54, 1.807) is 13.3 Å². The van der Waals surface area contributed by atoms with Crippen molar-refractivity contribution in [3.63, 3.8) is 0 Å². The van der Waals surface area contributed by atoms with Gasteiger partial charge in [0.25, 0.3) is 0 Å². The van der Waals surface area contributed by atoms with Crippen LogP contribution in [0.15, 0.2) is 12.3 Å². The summed E-state index contributed by atoms with van der Waals surface area (Å²) in [5, 5.41) is 0. The number of nitrogens with zero attached hydrogens (tertiary/aromatic N) is 1. The van der Waals surface area contributed by atoms with E-state index < -0.39 is 0 Å². The number of methoxy groups -OCH3 is 1. The van der Waals surface area contributed by atoms with Crippen molar-refractivity contribution in [3.8, 4) is 5.75 Å². The van der Waals surface area contributed by atoms with Gasteiger partial charge in [-0.25, -0.2) is 0 Å². The smallest absolute Gasteiger partial charge is 0.137 e. The highest BCUT2D eigenvalue weighted by Crippen LogP contribution is 2.29. The van der Waals surface area contributed by atoms with Gasteiger partial charge in [0.05, 0.1) is 13.3 Å². The molecule has 1 aliphatic carbocycles. The van der Waals surface area contributed by atoms with Crippen molar-refractivity contribution in [2.75, 3.05) is 7.11 Å². The molecule has 64 valence electrons.